The number of rotatable bonds is 4. The topological polar surface area (TPSA) is 38.7 Å². The second-order valence-electron chi connectivity index (χ2n) is 11.7. The predicted molar refractivity (Wildman–Crippen MR) is 183 cm³/mol. The fraction of sp³-hybridized carbons (Fsp3) is 0.0488. The molecule has 6 aromatic carbocycles. The number of nitrogens with zero attached hydrogens (tertiary/aromatic N) is 3. The monoisotopic (exact) mass is 639 g/mol. The first-order valence-electron chi connectivity index (χ1n) is 15.2. The molecule has 0 aliphatic heterocycles. The molecular formula is C41H26BrN3. The molecular weight excluding hydrogens is 614 g/mol. The Kier molecular flexibility index (Phi) is 5.78. The van der Waals surface area contributed by atoms with Gasteiger partial charge in [-0.1, -0.05) is 168 Å². The van der Waals surface area contributed by atoms with Crippen molar-refractivity contribution in [2.24, 2.45) is 0 Å². The maximum Gasteiger partial charge on any atom is 0.163 e. The molecule has 0 fully saturated rings. The number of hydrogen-bond acceptors (Lipinski definition) is 3. The SMILES string of the molecule is BrC12c3ccccc3C(c3nc(-c4ccccc4)nc(-c4cccc(-c5ccccc5)c4)n3)(c3ccccc31)c1ccccc12. The summed E-state index contributed by atoms with van der Waals surface area (Å²) in [4.78, 5) is 16.0. The minimum absolute atomic E-state index is 0.472. The lowest BCUT2D eigenvalue weighted by atomic mass is 9.52. The van der Waals surface area contributed by atoms with Crippen molar-refractivity contribution < 1.29 is 0 Å². The number of alkyl halides is 1. The molecule has 0 amide bonds. The number of benzene rings is 6. The fourth-order valence-electron chi connectivity index (χ4n) is 7.42. The standard InChI is InChI=1S/C41H26BrN3/c42-41-34-23-10-7-20-31(34)40(32-21-8-11-24-35(32)41,33-22-9-12-25-36(33)41)39-44-37(28-16-5-2-6-17-28)43-38(45-39)30-19-13-18-29(26-30)27-14-3-1-4-15-27/h1-26H. The average Bonchev–Trinajstić information content (AvgIpc) is 3.13. The molecule has 7 aromatic rings. The predicted octanol–water partition coefficient (Wildman–Crippen LogP) is 9.57. The van der Waals surface area contributed by atoms with E-state index >= 15 is 0 Å². The number of halogens is 1. The van der Waals surface area contributed by atoms with Gasteiger partial charge in [-0.15, -0.1) is 0 Å². The Morgan fingerprint density at radius 2 is 0.756 bits per heavy atom. The van der Waals surface area contributed by atoms with E-state index in [1.165, 1.54) is 33.4 Å². The van der Waals surface area contributed by atoms with E-state index in [1.807, 2.05) is 24.3 Å². The van der Waals surface area contributed by atoms with Crippen LogP contribution in [-0.4, -0.2) is 15.0 Å². The summed E-state index contributed by atoms with van der Waals surface area (Å²) in [6, 6.07) is 55.4. The summed E-state index contributed by atoms with van der Waals surface area (Å²) in [5.41, 5.74) is 10.7. The van der Waals surface area contributed by atoms with Crippen molar-refractivity contribution in [2.75, 3.05) is 0 Å². The number of aromatic nitrogens is 3. The zero-order valence-corrected chi connectivity index (χ0v) is 25.8. The van der Waals surface area contributed by atoms with E-state index in [2.05, 4.69) is 149 Å². The summed E-state index contributed by atoms with van der Waals surface area (Å²) in [6.45, 7) is 0. The van der Waals surface area contributed by atoms with Gasteiger partial charge in [0.15, 0.2) is 17.5 Å². The number of hydrogen-bond donors (Lipinski definition) is 0. The third-order valence-corrected chi connectivity index (χ3v) is 10.6. The van der Waals surface area contributed by atoms with Crippen LogP contribution in [0, 0.1) is 0 Å². The molecule has 212 valence electrons. The summed E-state index contributed by atoms with van der Waals surface area (Å²) in [7, 11) is 0. The van der Waals surface area contributed by atoms with Crippen LogP contribution in [0.3, 0.4) is 0 Å². The summed E-state index contributed by atoms with van der Waals surface area (Å²) >= 11 is 4.31. The smallest absolute Gasteiger partial charge is 0.163 e. The van der Waals surface area contributed by atoms with Gasteiger partial charge < -0.3 is 0 Å². The highest BCUT2D eigenvalue weighted by Gasteiger charge is 2.60. The van der Waals surface area contributed by atoms with Gasteiger partial charge in [-0.05, 0) is 50.6 Å². The van der Waals surface area contributed by atoms with Crippen LogP contribution in [0.15, 0.2) is 158 Å². The van der Waals surface area contributed by atoms with Crippen LogP contribution in [0.25, 0.3) is 33.9 Å². The molecule has 2 bridgehead atoms. The van der Waals surface area contributed by atoms with E-state index in [-0.39, 0.29) is 0 Å². The molecule has 4 heteroatoms. The molecule has 3 aliphatic carbocycles. The first kappa shape index (κ1) is 26.2. The third-order valence-electron chi connectivity index (χ3n) is 9.34. The van der Waals surface area contributed by atoms with E-state index in [0.717, 1.165) is 28.1 Å². The summed E-state index contributed by atoms with van der Waals surface area (Å²) < 4.78 is -0.472. The van der Waals surface area contributed by atoms with Crippen LogP contribution in [0.4, 0.5) is 0 Å². The molecule has 1 heterocycles. The lowest BCUT2D eigenvalue weighted by molar-refractivity contribution is 0.579. The molecule has 0 radical (unpaired) electrons. The molecule has 10 rings (SSSR count). The maximum atomic E-state index is 5.44. The van der Waals surface area contributed by atoms with Crippen molar-refractivity contribution in [1.29, 1.82) is 0 Å². The molecule has 1 aromatic heterocycles. The van der Waals surface area contributed by atoms with Gasteiger partial charge in [0.2, 0.25) is 0 Å². The Balaban J connectivity index is 1.39. The van der Waals surface area contributed by atoms with Gasteiger partial charge in [0.05, 0.1) is 0 Å². The van der Waals surface area contributed by atoms with Crippen molar-refractivity contribution in [3.8, 4) is 33.9 Å². The third kappa shape index (κ3) is 3.66. The fourth-order valence-corrected chi connectivity index (χ4v) is 8.46. The summed E-state index contributed by atoms with van der Waals surface area (Å²) in [5.74, 6) is 2.03. The lowest BCUT2D eigenvalue weighted by Crippen LogP contribution is -2.49. The quantitative estimate of drug-likeness (QED) is 0.180. The van der Waals surface area contributed by atoms with Crippen molar-refractivity contribution in [1.82, 2.24) is 15.0 Å². The highest BCUT2D eigenvalue weighted by Crippen LogP contribution is 2.65. The molecule has 3 aliphatic rings. The van der Waals surface area contributed by atoms with E-state index in [1.54, 1.807) is 0 Å². The Morgan fingerprint density at radius 3 is 1.29 bits per heavy atom. The van der Waals surface area contributed by atoms with Crippen LogP contribution in [0.2, 0.25) is 0 Å². The summed E-state index contributed by atoms with van der Waals surface area (Å²) in [5, 5.41) is 0. The molecule has 45 heavy (non-hydrogen) atoms. The van der Waals surface area contributed by atoms with Gasteiger partial charge in [-0.3, -0.25) is 0 Å². The lowest BCUT2D eigenvalue weighted by Gasteiger charge is -2.53. The Hall–Kier alpha value is -5.19. The van der Waals surface area contributed by atoms with Gasteiger partial charge in [-0.25, -0.2) is 15.0 Å². The van der Waals surface area contributed by atoms with Crippen LogP contribution >= 0.6 is 15.9 Å². The van der Waals surface area contributed by atoms with Crippen molar-refractivity contribution >= 4 is 15.9 Å². The van der Waals surface area contributed by atoms with Gasteiger partial charge >= 0.3 is 0 Å². The Bertz CT molecular complexity index is 2130. The van der Waals surface area contributed by atoms with Gasteiger partial charge in [0.1, 0.15) is 9.74 Å². The normalized spacial score (nSPS) is 19.0. The average molecular weight is 641 g/mol. The van der Waals surface area contributed by atoms with E-state index in [4.69, 9.17) is 15.0 Å². The van der Waals surface area contributed by atoms with Crippen LogP contribution in [0.5, 0.6) is 0 Å². The molecule has 0 saturated heterocycles. The second kappa shape index (κ2) is 9.91. The maximum absolute atomic E-state index is 5.44. The molecule has 0 N–H and O–H groups in total. The first-order valence-corrected chi connectivity index (χ1v) is 15.9. The molecule has 0 atom stereocenters. The van der Waals surface area contributed by atoms with Crippen molar-refractivity contribution in [3.05, 3.63) is 197 Å². The molecule has 0 saturated carbocycles. The highest BCUT2D eigenvalue weighted by atomic mass is 79.9. The highest BCUT2D eigenvalue weighted by molar-refractivity contribution is 9.10. The zero-order chi connectivity index (χ0) is 30.0. The zero-order valence-electron chi connectivity index (χ0n) is 24.2. The first-order chi connectivity index (χ1) is 22.2. The Labute approximate surface area is 270 Å². The van der Waals surface area contributed by atoms with E-state index < -0.39 is 9.74 Å². The largest absolute Gasteiger partial charge is 0.211 e. The molecule has 0 spiro atoms. The minimum Gasteiger partial charge on any atom is -0.211 e. The van der Waals surface area contributed by atoms with Gasteiger partial charge in [0.25, 0.3) is 0 Å². The van der Waals surface area contributed by atoms with Crippen molar-refractivity contribution in [3.63, 3.8) is 0 Å². The van der Waals surface area contributed by atoms with E-state index in [9.17, 15) is 0 Å². The Morgan fingerprint density at radius 1 is 0.356 bits per heavy atom. The minimum atomic E-state index is -0.739. The van der Waals surface area contributed by atoms with E-state index in [0.29, 0.717) is 11.6 Å². The summed E-state index contributed by atoms with van der Waals surface area (Å²) in [6.07, 6.45) is 0. The van der Waals surface area contributed by atoms with Crippen LogP contribution in [0.1, 0.15) is 39.2 Å². The van der Waals surface area contributed by atoms with Gasteiger partial charge in [0, 0.05) is 11.1 Å². The van der Waals surface area contributed by atoms with Gasteiger partial charge in [-0.2, -0.15) is 0 Å². The van der Waals surface area contributed by atoms with Crippen molar-refractivity contribution in [2.45, 2.75) is 9.74 Å². The van der Waals surface area contributed by atoms with Crippen LogP contribution < -0.4 is 0 Å². The molecule has 3 nitrogen and oxygen atoms in total. The molecule has 0 unspecified atom stereocenters. The second-order valence-corrected chi connectivity index (χ2v) is 12.9. The van der Waals surface area contributed by atoms with Crippen LogP contribution in [-0.2, 0) is 9.74 Å².